The van der Waals surface area contributed by atoms with E-state index in [4.69, 9.17) is 23.2 Å². The number of benzene rings is 2. The maximum absolute atomic E-state index is 6.15. The molecule has 0 aliphatic heterocycles. The molecule has 0 heterocycles. The lowest BCUT2D eigenvalue weighted by Gasteiger charge is -2.16. The Kier molecular flexibility index (Phi) is 5.28. The van der Waals surface area contributed by atoms with Crippen LogP contribution in [0, 0.1) is 0 Å². The SMILES string of the molecule is C[C@H](NCc1cc(Cl)ccc1Cl)c1ccccc1Br. The smallest absolute Gasteiger partial charge is 0.0451 e. The molecule has 1 atom stereocenters. The van der Waals surface area contributed by atoms with Crippen LogP contribution in [0.15, 0.2) is 46.9 Å². The summed E-state index contributed by atoms with van der Waals surface area (Å²) < 4.78 is 1.10. The van der Waals surface area contributed by atoms with E-state index in [1.165, 1.54) is 5.56 Å². The Hall–Kier alpha value is -0.540. The second-order valence-corrected chi connectivity index (χ2v) is 6.06. The minimum atomic E-state index is 0.227. The van der Waals surface area contributed by atoms with Gasteiger partial charge in [0.15, 0.2) is 0 Å². The van der Waals surface area contributed by atoms with Gasteiger partial charge in [-0.25, -0.2) is 0 Å². The molecule has 4 heteroatoms. The van der Waals surface area contributed by atoms with Gasteiger partial charge >= 0.3 is 0 Å². The van der Waals surface area contributed by atoms with Gasteiger partial charge in [0.05, 0.1) is 0 Å². The molecule has 0 amide bonds. The standard InChI is InChI=1S/C15H14BrCl2N/c1-10(13-4-2-3-5-14(13)16)19-9-11-8-12(17)6-7-15(11)18/h2-8,10,19H,9H2,1H3/t10-/m0/s1. The summed E-state index contributed by atoms with van der Waals surface area (Å²) in [4.78, 5) is 0. The van der Waals surface area contributed by atoms with Crippen LogP contribution in [0.1, 0.15) is 24.1 Å². The average molecular weight is 359 g/mol. The molecular weight excluding hydrogens is 345 g/mol. The second kappa shape index (κ2) is 6.76. The Labute approximate surface area is 132 Å². The van der Waals surface area contributed by atoms with E-state index in [1.54, 1.807) is 6.07 Å². The molecule has 0 aliphatic rings. The van der Waals surface area contributed by atoms with Crippen LogP contribution >= 0.6 is 39.1 Å². The van der Waals surface area contributed by atoms with Crippen molar-refractivity contribution in [2.75, 3.05) is 0 Å². The van der Waals surface area contributed by atoms with Gasteiger partial charge in [0.1, 0.15) is 0 Å². The second-order valence-electron chi connectivity index (χ2n) is 4.36. The molecule has 0 aromatic heterocycles. The van der Waals surface area contributed by atoms with Gasteiger partial charge in [-0.3, -0.25) is 0 Å². The van der Waals surface area contributed by atoms with Crippen LogP contribution in [0.2, 0.25) is 10.0 Å². The predicted molar refractivity (Wildman–Crippen MR) is 85.9 cm³/mol. The zero-order valence-corrected chi connectivity index (χ0v) is 13.6. The van der Waals surface area contributed by atoms with Crippen LogP contribution in [0.25, 0.3) is 0 Å². The monoisotopic (exact) mass is 357 g/mol. The van der Waals surface area contributed by atoms with Gasteiger partial charge in [0.25, 0.3) is 0 Å². The van der Waals surface area contributed by atoms with E-state index in [0.717, 1.165) is 15.1 Å². The highest BCUT2D eigenvalue weighted by Crippen LogP contribution is 2.25. The Balaban J connectivity index is 2.06. The summed E-state index contributed by atoms with van der Waals surface area (Å²) in [7, 11) is 0. The predicted octanol–water partition coefficient (Wildman–Crippen LogP) is 5.61. The molecule has 0 bridgehead atoms. The lowest BCUT2D eigenvalue weighted by atomic mass is 10.1. The van der Waals surface area contributed by atoms with Gasteiger partial charge in [-0.1, -0.05) is 57.3 Å². The fourth-order valence-corrected chi connectivity index (χ4v) is 2.89. The van der Waals surface area contributed by atoms with Crippen molar-refractivity contribution in [1.29, 1.82) is 0 Å². The molecule has 2 aromatic carbocycles. The Morgan fingerprint density at radius 3 is 2.63 bits per heavy atom. The fraction of sp³-hybridized carbons (Fsp3) is 0.200. The van der Waals surface area contributed by atoms with Crippen molar-refractivity contribution in [1.82, 2.24) is 5.32 Å². The summed E-state index contributed by atoms with van der Waals surface area (Å²) in [5.74, 6) is 0. The fourth-order valence-electron chi connectivity index (χ4n) is 1.88. The largest absolute Gasteiger partial charge is 0.306 e. The highest BCUT2D eigenvalue weighted by atomic mass is 79.9. The topological polar surface area (TPSA) is 12.0 Å². The number of nitrogens with one attached hydrogen (secondary N) is 1. The maximum Gasteiger partial charge on any atom is 0.0451 e. The Morgan fingerprint density at radius 2 is 1.89 bits per heavy atom. The summed E-state index contributed by atoms with van der Waals surface area (Å²) >= 11 is 15.7. The summed E-state index contributed by atoms with van der Waals surface area (Å²) in [6.45, 7) is 2.81. The highest BCUT2D eigenvalue weighted by Gasteiger charge is 2.09. The zero-order valence-electron chi connectivity index (χ0n) is 10.5. The van der Waals surface area contributed by atoms with Crippen molar-refractivity contribution in [2.24, 2.45) is 0 Å². The third-order valence-corrected chi connectivity index (χ3v) is 4.30. The third kappa shape index (κ3) is 3.96. The van der Waals surface area contributed by atoms with Crippen LogP contribution < -0.4 is 5.32 Å². The lowest BCUT2D eigenvalue weighted by molar-refractivity contribution is 0.573. The molecule has 0 aliphatic carbocycles. The van der Waals surface area contributed by atoms with E-state index in [9.17, 15) is 0 Å². The average Bonchev–Trinajstić information content (AvgIpc) is 2.40. The quantitative estimate of drug-likeness (QED) is 0.749. The maximum atomic E-state index is 6.15. The molecule has 0 saturated carbocycles. The minimum Gasteiger partial charge on any atom is -0.306 e. The lowest BCUT2D eigenvalue weighted by Crippen LogP contribution is -2.18. The van der Waals surface area contributed by atoms with Crippen LogP contribution in [-0.4, -0.2) is 0 Å². The summed E-state index contributed by atoms with van der Waals surface area (Å²) in [5, 5.41) is 4.89. The van der Waals surface area contributed by atoms with Crippen molar-refractivity contribution in [3.8, 4) is 0 Å². The van der Waals surface area contributed by atoms with E-state index in [0.29, 0.717) is 11.6 Å². The first kappa shape index (κ1) is 14.9. The van der Waals surface area contributed by atoms with Gasteiger partial charge in [-0.2, -0.15) is 0 Å². The van der Waals surface area contributed by atoms with Gasteiger partial charge in [-0.15, -0.1) is 0 Å². The Bertz CT molecular complexity index is 572. The number of hydrogen-bond donors (Lipinski definition) is 1. The molecule has 1 N–H and O–H groups in total. The van der Waals surface area contributed by atoms with E-state index < -0.39 is 0 Å². The normalized spacial score (nSPS) is 12.4. The van der Waals surface area contributed by atoms with Crippen LogP contribution in [0.3, 0.4) is 0 Å². The minimum absolute atomic E-state index is 0.227. The molecule has 2 rings (SSSR count). The van der Waals surface area contributed by atoms with E-state index in [-0.39, 0.29) is 6.04 Å². The molecule has 19 heavy (non-hydrogen) atoms. The van der Waals surface area contributed by atoms with Crippen molar-refractivity contribution in [2.45, 2.75) is 19.5 Å². The molecule has 0 fully saturated rings. The first-order valence-electron chi connectivity index (χ1n) is 5.99. The van der Waals surface area contributed by atoms with Crippen LogP contribution in [0.4, 0.5) is 0 Å². The van der Waals surface area contributed by atoms with E-state index >= 15 is 0 Å². The molecule has 1 nitrogen and oxygen atoms in total. The van der Waals surface area contributed by atoms with Crippen molar-refractivity contribution in [3.05, 3.63) is 68.1 Å². The van der Waals surface area contributed by atoms with Crippen LogP contribution in [0.5, 0.6) is 0 Å². The Morgan fingerprint density at radius 1 is 1.16 bits per heavy atom. The molecule has 0 saturated heterocycles. The molecule has 0 radical (unpaired) electrons. The van der Waals surface area contributed by atoms with Crippen molar-refractivity contribution < 1.29 is 0 Å². The summed E-state index contributed by atoms with van der Waals surface area (Å²) in [6, 6.07) is 13.9. The zero-order chi connectivity index (χ0) is 13.8. The van der Waals surface area contributed by atoms with E-state index in [1.807, 2.05) is 30.3 Å². The number of rotatable bonds is 4. The third-order valence-electron chi connectivity index (χ3n) is 2.98. The molecular formula is C15H14BrCl2N. The van der Waals surface area contributed by atoms with E-state index in [2.05, 4.69) is 34.2 Å². The molecule has 0 unspecified atom stereocenters. The van der Waals surface area contributed by atoms with Gasteiger partial charge in [0.2, 0.25) is 0 Å². The number of halogens is 3. The first-order chi connectivity index (χ1) is 9.08. The van der Waals surface area contributed by atoms with Crippen LogP contribution in [-0.2, 0) is 6.54 Å². The van der Waals surface area contributed by atoms with Gasteiger partial charge < -0.3 is 5.32 Å². The van der Waals surface area contributed by atoms with Crippen molar-refractivity contribution >= 4 is 39.1 Å². The van der Waals surface area contributed by atoms with Gasteiger partial charge in [0, 0.05) is 27.1 Å². The molecule has 100 valence electrons. The first-order valence-corrected chi connectivity index (χ1v) is 7.54. The number of hydrogen-bond acceptors (Lipinski definition) is 1. The van der Waals surface area contributed by atoms with Crippen molar-refractivity contribution in [3.63, 3.8) is 0 Å². The summed E-state index contributed by atoms with van der Waals surface area (Å²) in [5.41, 5.74) is 2.23. The molecule has 0 spiro atoms. The molecule has 2 aromatic rings. The van der Waals surface area contributed by atoms with Gasteiger partial charge in [-0.05, 0) is 42.3 Å². The highest BCUT2D eigenvalue weighted by molar-refractivity contribution is 9.10. The summed E-state index contributed by atoms with van der Waals surface area (Å²) in [6.07, 6.45) is 0.